The summed E-state index contributed by atoms with van der Waals surface area (Å²) >= 11 is 0. The predicted octanol–water partition coefficient (Wildman–Crippen LogP) is 4.20. The molecule has 1 aromatic carbocycles. The molecule has 1 heteroatoms. The van der Waals surface area contributed by atoms with Gasteiger partial charge in [0.2, 0.25) is 0 Å². The highest BCUT2D eigenvalue weighted by Gasteiger charge is 2.51. The van der Waals surface area contributed by atoms with Crippen molar-refractivity contribution in [2.75, 3.05) is 6.54 Å². The van der Waals surface area contributed by atoms with E-state index in [0.29, 0.717) is 0 Å². The molecule has 1 aromatic rings. The summed E-state index contributed by atoms with van der Waals surface area (Å²) in [5.41, 5.74) is 1.57. The maximum Gasteiger partial charge on any atom is 0.0132 e. The molecule has 3 aliphatic carbocycles. The van der Waals surface area contributed by atoms with Crippen LogP contribution in [0.2, 0.25) is 0 Å². The first-order valence-electron chi connectivity index (χ1n) is 8.65. The topological polar surface area (TPSA) is 12.0 Å². The standard InChI is InChI=1S/C19H27N/c1-2-20-19(17-11-13-8-9-15(17)10-13)18-12-16(18)14-6-4-3-5-7-14/h3-7,13,15-20H,2,8-12H2,1H3. The van der Waals surface area contributed by atoms with Gasteiger partial charge in [0.25, 0.3) is 0 Å². The van der Waals surface area contributed by atoms with Gasteiger partial charge < -0.3 is 5.32 Å². The summed E-state index contributed by atoms with van der Waals surface area (Å²) in [5.74, 6) is 4.83. The van der Waals surface area contributed by atoms with Crippen molar-refractivity contribution in [2.45, 2.75) is 51.0 Å². The summed E-state index contributed by atoms with van der Waals surface area (Å²) in [5, 5.41) is 3.87. The fourth-order valence-corrected chi connectivity index (χ4v) is 5.28. The quantitative estimate of drug-likeness (QED) is 0.844. The fraction of sp³-hybridized carbons (Fsp3) is 0.684. The molecule has 0 aromatic heterocycles. The zero-order chi connectivity index (χ0) is 13.5. The Labute approximate surface area is 123 Å². The number of nitrogens with one attached hydrogen (secondary N) is 1. The molecule has 0 spiro atoms. The largest absolute Gasteiger partial charge is 0.314 e. The minimum Gasteiger partial charge on any atom is -0.314 e. The summed E-state index contributed by atoms with van der Waals surface area (Å²) in [6.45, 7) is 3.41. The number of hydrogen-bond donors (Lipinski definition) is 1. The molecule has 6 atom stereocenters. The fourth-order valence-electron chi connectivity index (χ4n) is 5.28. The van der Waals surface area contributed by atoms with E-state index < -0.39 is 0 Å². The second-order valence-electron chi connectivity index (χ2n) is 7.34. The maximum absolute atomic E-state index is 3.87. The van der Waals surface area contributed by atoms with Crippen molar-refractivity contribution < 1.29 is 0 Å². The Morgan fingerprint density at radius 2 is 1.90 bits per heavy atom. The van der Waals surface area contributed by atoms with Crippen LogP contribution in [0.4, 0.5) is 0 Å². The van der Waals surface area contributed by atoms with Crippen LogP contribution >= 0.6 is 0 Å². The van der Waals surface area contributed by atoms with Crippen LogP contribution in [0.1, 0.15) is 50.5 Å². The highest BCUT2D eigenvalue weighted by molar-refractivity contribution is 5.27. The van der Waals surface area contributed by atoms with Gasteiger partial charge in [-0.25, -0.2) is 0 Å². The molecule has 0 heterocycles. The second kappa shape index (κ2) is 5.18. The molecule has 2 bridgehead atoms. The van der Waals surface area contributed by atoms with E-state index in [0.717, 1.165) is 42.2 Å². The van der Waals surface area contributed by atoms with Crippen LogP contribution in [0, 0.1) is 23.7 Å². The minimum absolute atomic E-state index is 0.792. The molecular weight excluding hydrogens is 242 g/mol. The molecule has 108 valence electrons. The number of rotatable bonds is 5. The molecule has 1 N–H and O–H groups in total. The molecule has 3 fully saturated rings. The van der Waals surface area contributed by atoms with Crippen LogP contribution in [0.15, 0.2) is 30.3 Å². The third kappa shape index (κ3) is 2.20. The zero-order valence-electron chi connectivity index (χ0n) is 12.6. The summed E-state index contributed by atoms with van der Waals surface area (Å²) in [7, 11) is 0. The van der Waals surface area contributed by atoms with E-state index in [1.54, 1.807) is 5.56 Å². The average Bonchev–Trinajstić information content (AvgIpc) is 2.99. The lowest BCUT2D eigenvalue weighted by atomic mass is 9.80. The van der Waals surface area contributed by atoms with E-state index in [2.05, 4.69) is 42.6 Å². The SMILES string of the molecule is CCNC(C1CC2CCC1C2)C1CC1c1ccccc1. The first kappa shape index (κ1) is 12.9. The van der Waals surface area contributed by atoms with Crippen molar-refractivity contribution >= 4 is 0 Å². The number of hydrogen-bond acceptors (Lipinski definition) is 1. The van der Waals surface area contributed by atoms with Crippen LogP contribution in [0.5, 0.6) is 0 Å². The molecular formula is C19H27N. The van der Waals surface area contributed by atoms with Gasteiger partial charge in [-0.2, -0.15) is 0 Å². The lowest BCUT2D eigenvalue weighted by Crippen LogP contribution is -2.40. The zero-order valence-corrected chi connectivity index (χ0v) is 12.6. The number of fused-ring (bicyclic) bond motifs is 2. The van der Waals surface area contributed by atoms with Gasteiger partial charge >= 0.3 is 0 Å². The Kier molecular flexibility index (Phi) is 3.34. The second-order valence-corrected chi connectivity index (χ2v) is 7.34. The molecule has 0 aliphatic heterocycles. The van der Waals surface area contributed by atoms with Gasteiger partial charge in [0.1, 0.15) is 0 Å². The molecule has 3 saturated carbocycles. The Morgan fingerprint density at radius 1 is 1.05 bits per heavy atom. The monoisotopic (exact) mass is 269 g/mol. The first-order valence-corrected chi connectivity index (χ1v) is 8.65. The van der Waals surface area contributed by atoms with Crippen LogP contribution in [-0.2, 0) is 0 Å². The molecule has 3 aliphatic rings. The highest BCUT2D eigenvalue weighted by atomic mass is 14.9. The van der Waals surface area contributed by atoms with E-state index in [1.165, 1.54) is 32.1 Å². The predicted molar refractivity (Wildman–Crippen MR) is 83.7 cm³/mol. The van der Waals surface area contributed by atoms with Crippen LogP contribution < -0.4 is 5.32 Å². The van der Waals surface area contributed by atoms with Gasteiger partial charge in [0, 0.05) is 6.04 Å². The van der Waals surface area contributed by atoms with E-state index >= 15 is 0 Å². The van der Waals surface area contributed by atoms with Gasteiger partial charge in [0.15, 0.2) is 0 Å². The van der Waals surface area contributed by atoms with Crippen molar-refractivity contribution in [3.63, 3.8) is 0 Å². The van der Waals surface area contributed by atoms with Gasteiger partial charge in [-0.15, -0.1) is 0 Å². The van der Waals surface area contributed by atoms with Gasteiger partial charge in [-0.3, -0.25) is 0 Å². The number of benzene rings is 1. The van der Waals surface area contributed by atoms with Crippen molar-refractivity contribution in [1.29, 1.82) is 0 Å². The Balaban J connectivity index is 1.48. The molecule has 6 unspecified atom stereocenters. The smallest absolute Gasteiger partial charge is 0.0132 e. The summed E-state index contributed by atoms with van der Waals surface area (Å²) in [6, 6.07) is 12.0. The lowest BCUT2D eigenvalue weighted by Gasteiger charge is -2.31. The van der Waals surface area contributed by atoms with Crippen molar-refractivity contribution in [2.24, 2.45) is 23.7 Å². The van der Waals surface area contributed by atoms with Crippen molar-refractivity contribution in [1.82, 2.24) is 5.32 Å². The average molecular weight is 269 g/mol. The Morgan fingerprint density at radius 3 is 2.55 bits per heavy atom. The van der Waals surface area contributed by atoms with Crippen molar-refractivity contribution in [3.05, 3.63) is 35.9 Å². The van der Waals surface area contributed by atoms with Gasteiger partial charge in [-0.1, -0.05) is 43.7 Å². The highest BCUT2D eigenvalue weighted by Crippen LogP contribution is 2.57. The van der Waals surface area contributed by atoms with Crippen LogP contribution in [0.25, 0.3) is 0 Å². The normalized spacial score (nSPS) is 40.0. The molecule has 4 rings (SSSR count). The van der Waals surface area contributed by atoms with E-state index in [1.807, 2.05) is 0 Å². The Bertz CT molecular complexity index is 454. The van der Waals surface area contributed by atoms with E-state index in [4.69, 9.17) is 0 Å². The summed E-state index contributed by atoms with van der Waals surface area (Å²) < 4.78 is 0. The molecule has 0 radical (unpaired) electrons. The molecule has 0 saturated heterocycles. The first-order chi connectivity index (χ1) is 9.86. The van der Waals surface area contributed by atoms with Gasteiger partial charge in [0.05, 0.1) is 0 Å². The van der Waals surface area contributed by atoms with E-state index in [9.17, 15) is 0 Å². The minimum atomic E-state index is 0.792. The molecule has 20 heavy (non-hydrogen) atoms. The summed E-state index contributed by atoms with van der Waals surface area (Å²) in [4.78, 5) is 0. The van der Waals surface area contributed by atoms with Gasteiger partial charge in [-0.05, 0) is 67.4 Å². The lowest BCUT2D eigenvalue weighted by molar-refractivity contribution is 0.229. The third-order valence-electron chi connectivity index (χ3n) is 6.22. The molecule has 1 nitrogen and oxygen atoms in total. The van der Waals surface area contributed by atoms with Crippen LogP contribution in [0.3, 0.4) is 0 Å². The molecule has 0 amide bonds. The van der Waals surface area contributed by atoms with E-state index in [-0.39, 0.29) is 0 Å². The maximum atomic E-state index is 3.87. The van der Waals surface area contributed by atoms with Crippen molar-refractivity contribution in [3.8, 4) is 0 Å². The summed E-state index contributed by atoms with van der Waals surface area (Å²) in [6.07, 6.45) is 7.50. The third-order valence-corrected chi connectivity index (χ3v) is 6.22. The van der Waals surface area contributed by atoms with Crippen LogP contribution in [-0.4, -0.2) is 12.6 Å². The Hall–Kier alpha value is -0.820.